The van der Waals surface area contributed by atoms with Crippen LogP contribution in [0.4, 0.5) is 0 Å². The Morgan fingerprint density at radius 2 is 1.88 bits per heavy atom. The number of benzene rings is 1. The quantitative estimate of drug-likeness (QED) is 0.831. The van der Waals surface area contributed by atoms with Gasteiger partial charge in [-0.15, -0.1) is 0 Å². The zero-order chi connectivity index (χ0) is 12.2. The van der Waals surface area contributed by atoms with Crippen LogP contribution in [0.15, 0.2) is 18.2 Å². The lowest BCUT2D eigenvalue weighted by molar-refractivity contribution is 0.0781. The summed E-state index contributed by atoms with van der Waals surface area (Å²) in [5.74, 6) is 1.38. The number of methoxy groups -OCH3 is 1. The van der Waals surface area contributed by atoms with Gasteiger partial charge in [-0.25, -0.2) is 0 Å². The highest BCUT2D eigenvalue weighted by atomic mass is 16.5. The highest BCUT2D eigenvalue weighted by molar-refractivity contribution is 5.44. The minimum Gasteiger partial charge on any atom is -0.493 e. The van der Waals surface area contributed by atoms with Gasteiger partial charge in [-0.05, 0) is 38.0 Å². The summed E-state index contributed by atoms with van der Waals surface area (Å²) in [7, 11) is 1.61. The van der Waals surface area contributed by atoms with Gasteiger partial charge in [0.1, 0.15) is 0 Å². The molecule has 1 rings (SSSR count). The Balaban J connectivity index is 0.00000256. The SMILES string of the molecule is CCCOc1cc(C(C)(C)O)ccc1OC.N. The second-order valence-corrected chi connectivity index (χ2v) is 4.27. The standard InChI is InChI=1S/C13H20O3.H3N/c1-5-8-16-12-9-10(13(2,3)14)6-7-11(12)15-4;/h6-7,9,14H,5,8H2,1-4H3;1H3. The number of aliphatic hydroxyl groups is 1. The van der Waals surface area contributed by atoms with E-state index in [0.717, 1.165) is 12.0 Å². The highest BCUT2D eigenvalue weighted by Gasteiger charge is 2.18. The molecule has 0 saturated carbocycles. The largest absolute Gasteiger partial charge is 0.493 e. The summed E-state index contributed by atoms with van der Waals surface area (Å²) < 4.78 is 10.8. The molecule has 0 aliphatic rings. The first-order chi connectivity index (χ1) is 7.49. The minimum absolute atomic E-state index is 0. The second-order valence-electron chi connectivity index (χ2n) is 4.27. The van der Waals surface area contributed by atoms with Gasteiger partial charge in [0.05, 0.1) is 19.3 Å². The Morgan fingerprint density at radius 1 is 1.24 bits per heavy atom. The van der Waals surface area contributed by atoms with Gasteiger partial charge in [-0.2, -0.15) is 0 Å². The van der Waals surface area contributed by atoms with Crippen LogP contribution < -0.4 is 15.6 Å². The van der Waals surface area contributed by atoms with Crippen LogP contribution in [0.3, 0.4) is 0 Å². The van der Waals surface area contributed by atoms with E-state index in [-0.39, 0.29) is 6.15 Å². The summed E-state index contributed by atoms with van der Waals surface area (Å²) in [5.41, 5.74) is -0.0456. The number of hydrogen-bond acceptors (Lipinski definition) is 4. The van der Waals surface area contributed by atoms with Crippen molar-refractivity contribution >= 4 is 0 Å². The molecule has 1 aromatic rings. The molecule has 17 heavy (non-hydrogen) atoms. The molecule has 1 aromatic carbocycles. The number of hydrogen-bond donors (Lipinski definition) is 2. The monoisotopic (exact) mass is 241 g/mol. The first kappa shape index (κ1) is 15.7. The van der Waals surface area contributed by atoms with E-state index in [1.165, 1.54) is 0 Å². The molecule has 4 heteroatoms. The number of ether oxygens (including phenoxy) is 2. The molecule has 0 unspecified atom stereocenters. The average Bonchev–Trinajstić information content (AvgIpc) is 2.24. The van der Waals surface area contributed by atoms with E-state index in [2.05, 4.69) is 0 Å². The van der Waals surface area contributed by atoms with Crippen molar-refractivity contribution in [2.24, 2.45) is 0 Å². The van der Waals surface area contributed by atoms with Gasteiger partial charge in [-0.3, -0.25) is 0 Å². The van der Waals surface area contributed by atoms with E-state index >= 15 is 0 Å². The molecule has 0 aliphatic carbocycles. The fourth-order valence-electron chi connectivity index (χ4n) is 1.38. The summed E-state index contributed by atoms with van der Waals surface area (Å²) in [6.45, 7) is 6.19. The molecular weight excluding hydrogens is 218 g/mol. The van der Waals surface area contributed by atoms with Gasteiger partial charge < -0.3 is 20.7 Å². The zero-order valence-corrected chi connectivity index (χ0v) is 11.1. The molecule has 0 aliphatic heterocycles. The van der Waals surface area contributed by atoms with Gasteiger partial charge in [0.25, 0.3) is 0 Å². The van der Waals surface area contributed by atoms with Crippen molar-refractivity contribution in [1.82, 2.24) is 6.15 Å². The van der Waals surface area contributed by atoms with Gasteiger partial charge in [0.15, 0.2) is 11.5 Å². The van der Waals surface area contributed by atoms with Gasteiger partial charge in [0, 0.05) is 0 Å². The van der Waals surface area contributed by atoms with Crippen LogP contribution in [-0.2, 0) is 5.60 Å². The normalized spacial score (nSPS) is 10.6. The molecule has 4 N–H and O–H groups in total. The second kappa shape index (κ2) is 6.47. The third-order valence-corrected chi connectivity index (χ3v) is 2.33. The predicted molar refractivity (Wildman–Crippen MR) is 69.0 cm³/mol. The third-order valence-electron chi connectivity index (χ3n) is 2.33. The fourth-order valence-corrected chi connectivity index (χ4v) is 1.38. The summed E-state index contributed by atoms with van der Waals surface area (Å²) in [6.07, 6.45) is 0.940. The molecule has 0 aromatic heterocycles. The molecule has 0 amide bonds. The van der Waals surface area contributed by atoms with E-state index in [1.54, 1.807) is 21.0 Å². The number of rotatable bonds is 5. The van der Waals surface area contributed by atoms with Crippen LogP contribution in [-0.4, -0.2) is 18.8 Å². The Kier molecular flexibility index (Phi) is 5.99. The Hall–Kier alpha value is -1.26. The maximum atomic E-state index is 9.91. The van der Waals surface area contributed by atoms with Gasteiger partial charge in [-0.1, -0.05) is 13.0 Å². The molecule has 0 radical (unpaired) electrons. The van der Waals surface area contributed by atoms with Crippen molar-refractivity contribution in [1.29, 1.82) is 0 Å². The maximum Gasteiger partial charge on any atom is 0.161 e. The Labute approximate surface area is 103 Å². The Morgan fingerprint density at radius 3 is 2.35 bits per heavy atom. The first-order valence-electron chi connectivity index (χ1n) is 5.52. The summed E-state index contributed by atoms with van der Waals surface area (Å²) in [4.78, 5) is 0. The molecule has 0 spiro atoms. The maximum absolute atomic E-state index is 9.91. The van der Waals surface area contributed by atoms with Crippen LogP contribution in [0.2, 0.25) is 0 Å². The molecule has 0 atom stereocenters. The van der Waals surface area contributed by atoms with Crippen LogP contribution in [0.5, 0.6) is 11.5 Å². The minimum atomic E-state index is -0.864. The third kappa shape index (κ3) is 4.24. The summed E-state index contributed by atoms with van der Waals surface area (Å²) in [6, 6.07) is 5.49. The van der Waals surface area contributed by atoms with Crippen LogP contribution >= 0.6 is 0 Å². The van der Waals surface area contributed by atoms with Crippen molar-refractivity contribution < 1.29 is 14.6 Å². The van der Waals surface area contributed by atoms with Crippen molar-refractivity contribution in [3.63, 3.8) is 0 Å². The average molecular weight is 241 g/mol. The van der Waals surface area contributed by atoms with Crippen LogP contribution in [0.1, 0.15) is 32.8 Å². The zero-order valence-electron chi connectivity index (χ0n) is 11.1. The van der Waals surface area contributed by atoms with Crippen LogP contribution in [0, 0.1) is 0 Å². The molecule has 0 saturated heterocycles. The fraction of sp³-hybridized carbons (Fsp3) is 0.538. The lowest BCUT2D eigenvalue weighted by Crippen LogP contribution is -2.15. The van der Waals surface area contributed by atoms with Crippen LogP contribution in [0.25, 0.3) is 0 Å². The van der Waals surface area contributed by atoms with Crippen molar-refractivity contribution in [2.45, 2.75) is 32.8 Å². The summed E-state index contributed by atoms with van der Waals surface area (Å²) >= 11 is 0. The van der Waals surface area contributed by atoms with Gasteiger partial charge in [0.2, 0.25) is 0 Å². The highest BCUT2D eigenvalue weighted by Crippen LogP contribution is 2.32. The van der Waals surface area contributed by atoms with E-state index in [9.17, 15) is 5.11 Å². The smallest absolute Gasteiger partial charge is 0.161 e. The van der Waals surface area contributed by atoms with Crippen molar-refractivity contribution in [2.75, 3.05) is 13.7 Å². The lowest BCUT2D eigenvalue weighted by atomic mass is 9.98. The molecule has 98 valence electrons. The van der Waals surface area contributed by atoms with E-state index < -0.39 is 5.60 Å². The molecule has 0 fully saturated rings. The molecule has 4 nitrogen and oxygen atoms in total. The van der Waals surface area contributed by atoms with Crippen molar-refractivity contribution in [3.8, 4) is 11.5 Å². The molecule has 0 heterocycles. The molecular formula is C13H23NO3. The topological polar surface area (TPSA) is 73.7 Å². The lowest BCUT2D eigenvalue weighted by Gasteiger charge is -2.20. The first-order valence-corrected chi connectivity index (χ1v) is 5.52. The van der Waals surface area contributed by atoms with Crippen molar-refractivity contribution in [3.05, 3.63) is 23.8 Å². The Bertz CT molecular complexity index is 345. The van der Waals surface area contributed by atoms with E-state index in [4.69, 9.17) is 9.47 Å². The van der Waals surface area contributed by atoms with Gasteiger partial charge >= 0.3 is 0 Å². The van der Waals surface area contributed by atoms with E-state index in [1.807, 2.05) is 25.1 Å². The summed E-state index contributed by atoms with van der Waals surface area (Å²) in [5, 5.41) is 9.91. The van der Waals surface area contributed by atoms with E-state index in [0.29, 0.717) is 18.1 Å². The molecule has 0 bridgehead atoms. The predicted octanol–water partition coefficient (Wildman–Crippen LogP) is 2.87.